The van der Waals surface area contributed by atoms with Gasteiger partial charge in [-0.2, -0.15) is 5.26 Å². The van der Waals surface area contributed by atoms with Crippen molar-refractivity contribution in [1.82, 2.24) is 4.90 Å². The summed E-state index contributed by atoms with van der Waals surface area (Å²) < 4.78 is 9.94. The summed E-state index contributed by atoms with van der Waals surface area (Å²) in [4.78, 5) is 25.0. The molecule has 1 aliphatic rings. The Morgan fingerprint density at radius 3 is 2.42 bits per heavy atom. The molecule has 1 aliphatic heterocycles. The van der Waals surface area contributed by atoms with Crippen molar-refractivity contribution in [2.45, 2.75) is 32.8 Å². The molecule has 2 unspecified atom stereocenters. The number of esters is 1. The fraction of sp³-hybridized carbons (Fsp3) is 0.769. The number of nitrogens with zero attached hydrogens (tertiary/aromatic N) is 2. The fourth-order valence-electron chi connectivity index (χ4n) is 2.01. The molecule has 0 aromatic rings. The monoisotopic (exact) mass is 268 g/mol. The molecule has 1 heterocycles. The molecule has 0 aliphatic carbocycles. The van der Waals surface area contributed by atoms with Crippen molar-refractivity contribution in [3.63, 3.8) is 0 Å². The molecule has 2 atom stereocenters. The average molecular weight is 268 g/mol. The van der Waals surface area contributed by atoms with Gasteiger partial charge in [-0.25, -0.2) is 4.79 Å². The van der Waals surface area contributed by atoms with E-state index in [1.54, 1.807) is 20.8 Å². The molecule has 19 heavy (non-hydrogen) atoms. The maximum Gasteiger partial charge on any atom is 0.410 e. The lowest BCUT2D eigenvalue weighted by Crippen LogP contribution is -2.47. The minimum atomic E-state index is -0.600. The summed E-state index contributed by atoms with van der Waals surface area (Å²) in [5, 5.41) is 9.01. The van der Waals surface area contributed by atoms with Gasteiger partial charge in [-0.15, -0.1) is 0 Å². The SMILES string of the molecule is COC(=O)C1CC(C#N)CN(C(=O)OC(C)(C)C)C1. The number of carbonyl (C=O) groups is 2. The van der Waals surface area contributed by atoms with Gasteiger partial charge in [-0.3, -0.25) is 4.79 Å². The molecule has 0 aromatic carbocycles. The van der Waals surface area contributed by atoms with Crippen LogP contribution in [0.5, 0.6) is 0 Å². The lowest BCUT2D eigenvalue weighted by atomic mass is 9.90. The van der Waals surface area contributed by atoms with Crippen LogP contribution in [-0.2, 0) is 14.3 Å². The van der Waals surface area contributed by atoms with Crippen LogP contribution < -0.4 is 0 Å². The zero-order valence-electron chi connectivity index (χ0n) is 11.8. The molecule has 1 saturated heterocycles. The Kier molecular flexibility index (Phi) is 4.76. The second kappa shape index (κ2) is 5.91. The molecular weight excluding hydrogens is 248 g/mol. The summed E-state index contributed by atoms with van der Waals surface area (Å²) in [5.74, 6) is -1.23. The largest absolute Gasteiger partial charge is 0.469 e. The smallest absolute Gasteiger partial charge is 0.410 e. The fourth-order valence-corrected chi connectivity index (χ4v) is 2.01. The molecule has 6 nitrogen and oxygen atoms in total. The number of piperidine rings is 1. The molecule has 0 N–H and O–H groups in total. The number of amides is 1. The van der Waals surface area contributed by atoms with E-state index in [2.05, 4.69) is 10.8 Å². The van der Waals surface area contributed by atoms with Crippen LogP contribution in [0.3, 0.4) is 0 Å². The van der Waals surface area contributed by atoms with Gasteiger partial charge in [0.05, 0.1) is 25.0 Å². The minimum absolute atomic E-state index is 0.236. The van der Waals surface area contributed by atoms with Crippen LogP contribution >= 0.6 is 0 Å². The highest BCUT2D eigenvalue weighted by Crippen LogP contribution is 2.24. The van der Waals surface area contributed by atoms with Crippen molar-refractivity contribution in [2.24, 2.45) is 11.8 Å². The van der Waals surface area contributed by atoms with Gasteiger partial charge >= 0.3 is 12.1 Å². The molecule has 0 radical (unpaired) electrons. The second-order valence-electron chi connectivity index (χ2n) is 5.67. The number of likely N-dealkylation sites (tertiary alicyclic amines) is 1. The van der Waals surface area contributed by atoms with Crippen LogP contribution in [0.15, 0.2) is 0 Å². The molecule has 6 heteroatoms. The highest BCUT2D eigenvalue weighted by molar-refractivity contribution is 5.75. The Balaban J connectivity index is 2.75. The van der Waals surface area contributed by atoms with Crippen molar-refractivity contribution in [1.29, 1.82) is 5.26 Å². The number of carbonyl (C=O) groups excluding carboxylic acids is 2. The van der Waals surface area contributed by atoms with Crippen LogP contribution in [0.4, 0.5) is 4.79 Å². The van der Waals surface area contributed by atoms with Crippen LogP contribution in [0.1, 0.15) is 27.2 Å². The molecule has 106 valence electrons. The quantitative estimate of drug-likeness (QED) is 0.674. The van der Waals surface area contributed by atoms with E-state index in [0.717, 1.165) is 0 Å². The molecule has 1 amide bonds. The van der Waals surface area contributed by atoms with E-state index in [1.807, 2.05) is 0 Å². The lowest BCUT2D eigenvalue weighted by molar-refractivity contribution is -0.147. The Morgan fingerprint density at radius 1 is 1.32 bits per heavy atom. The third kappa shape index (κ3) is 4.43. The van der Waals surface area contributed by atoms with Crippen molar-refractivity contribution in [3.05, 3.63) is 0 Å². The van der Waals surface area contributed by atoms with Crippen LogP contribution in [0.2, 0.25) is 0 Å². The zero-order chi connectivity index (χ0) is 14.6. The van der Waals surface area contributed by atoms with Crippen molar-refractivity contribution in [2.75, 3.05) is 20.2 Å². The van der Waals surface area contributed by atoms with E-state index in [1.165, 1.54) is 12.0 Å². The minimum Gasteiger partial charge on any atom is -0.469 e. The lowest BCUT2D eigenvalue weighted by Gasteiger charge is -2.35. The van der Waals surface area contributed by atoms with E-state index < -0.39 is 23.6 Å². The standard InChI is InChI=1S/C13H20N2O4/c1-13(2,3)19-12(17)15-7-9(6-14)5-10(8-15)11(16)18-4/h9-10H,5,7-8H2,1-4H3. The van der Waals surface area contributed by atoms with Gasteiger partial charge in [-0.1, -0.05) is 0 Å². The molecule has 0 saturated carbocycles. The molecule has 1 fully saturated rings. The third-order valence-corrected chi connectivity index (χ3v) is 2.82. The number of methoxy groups -OCH3 is 1. The van der Waals surface area contributed by atoms with Crippen LogP contribution in [0, 0.1) is 23.2 Å². The topological polar surface area (TPSA) is 79.6 Å². The normalized spacial score (nSPS) is 23.4. The van der Waals surface area contributed by atoms with E-state index in [9.17, 15) is 9.59 Å². The van der Waals surface area contributed by atoms with Gasteiger partial charge in [0.25, 0.3) is 0 Å². The Bertz CT molecular complexity index is 394. The first-order valence-electron chi connectivity index (χ1n) is 6.22. The van der Waals surface area contributed by atoms with E-state index in [4.69, 9.17) is 10.00 Å². The Morgan fingerprint density at radius 2 is 1.95 bits per heavy atom. The molecule has 0 spiro atoms. The van der Waals surface area contributed by atoms with Gasteiger partial charge < -0.3 is 14.4 Å². The molecule has 0 aromatic heterocycles. The van der Waals surface area contributed by atoms with E-state index in [-0.39, 0.29) is 12.5 Å². The highest BCUT2D eigenvalue weighted by Gasteiger charge is 2.36. The van der Waals surface area contributed by atoms with E-state index >= 15 is 0 Å². The maximum atomic E-state index is 12.0. The Labute approximate surface area is 113 Å². The van der Waals surface area contributed by atoms with Gasteiger partial charge in [0.2, 0.25) is 0 Å². The van der Waals surface area contributed by atoms with Crippen LogP contribution in [-0.4, -0.2) is 42.8 Å². The molecule has 0 bridgehead atoms. The number of rotatable bonds is 1. The zero-order valence-corrected chi connectivity index (χ0v) is 11.8. The van der Waals surface area contributed by atoms with Crippen molar-refractivity contribution >= 4 is 12.1 Å². The van der Waals surface area contributed by atoms with Gasteiger partial charge in [-0.05, 0) is 27.2 Å². The molecule has 1 rings (SSSR count). The van der Waals surface area contributed by atoms with Crippen molar-refractivity contribution < 1.29 is 19.1 Å². The summed E-state index contributed by atoms with van der Waals surface area (Å²) in [6.07, 6.45) is -0.0796. The van der Waals surface area contributed by atoms with Gasteiger partial charge in [0.1, 0.15) is 5.60 Å². The highest BCUT2D eigenvalue weighted by atomic mass is 16.6. The van der Waals surface area contributed by atoms with Gasteiger partial charge in [0, 0.05) is 13.1 Å². The molecular formula is C13H20N2O4. The predicted molar refractivity (Wildman–Crippen MR) is 67.0 cm³/mol. The second-order valence-corrected chi connectivity index (χ2v) is 5.67. The summed E-state index contributed by atoms with van der Waals surface area (Å²) >= 11 is 0. The van der Waals surface area contributed by atoms with Crippen LogP contribution in [0.25, 0.3) is 0 Å². The number of hydrogen-bond donors (Lipinski definition) is 0. The Hall–Kier alpha value is -1.77. The maximum absolute atomic E-state index is 12.0. The third-order valence-electron chi connectivity index (χ3n) is 2.82. The van der Waals surface area contributed by atoms with Gasteiger partial charge in [0.15, 0.2) is 0 Å². The summed E-state index contributed by atoms with van der Waals surface area (Å²) in [6.45, 7) is 5.84. The summed E-state index contributed by atoms with van der Waals surface area (Å²) in [6, 6.07) is 2.10. The first-order valence-corrected chi connectivity index (χ1v) is 6.22. The first kappa shape index (κ1) is 15.3. The summed E-state index contributed by atoms with van der Waals surface area (Å²) in [7, 11) is 1.30. The number of hydrogen-bond acceptors (Lipinski definition) is 5. The van der Waals surface area contributed by atoms with Crippen molar-refractivity contribution in [3.8, 4) is 6.07 Å². The first-order chi connectivity index (χ1) is 8.76. The number of ether oxygens (including phenoxy) is 2. The average Bonchev–Trinajstić information content (AvgIpc) is 2.35. The number of nitriles is 1. The summed E-state index contributed by atoms with van der Waals surface area (Å²) in [5.41, 5.74) is -0.600. The predicted octanol–water partition coefficient (Wildman–Crippen LogP) is 1.56. The van der Waals surface area contributed by atoms with E-state index in [0.29, 0.717) is 13.0 Å².